The number of fused-ring (bicyclic) bond motifs is 1. The number of aromatic amines is 1. The van der Waals surface area contributed by atoms with Gasteiger partial charge in [-0.05, 0) is 48.7 Å². The summed E-state index contributed by atoms with van der Waals surface area (Å²) in [6.45, 7) is 4.39. The van der Waals surface area contributed by atoms with Crippen LogP contribution in [0.25, 0.3) is 0 Å². The number of nitrogens with zero attached hydrogens (tertiary/aromatic N) is 2. The van der Waals surface area contributed by atoms with Crippen molar-refractivity contribution < 1.29 is 30.7 Å². The van der Waals surface area contributed by atoms with Crippen LogP contribution >= 0.6 is 11.6 Å². The Morgan fingerprint density at radius 1 is 1.24 bits per heavy atom. The second-order valence-corrected chi connectivity index (χ2v) is 10.7. The molecule has 1 aromatic heterocycles. The lowest BCUT2D eigenvalue weighted by molar-refractivity contribution is 0.151. The maximum Gasteiger partial charge on any atom is 0.434 e. The van der Waals surface area contributed by atoms with Crippen molar-refractivity contribution in [1.29, 1.82) is 0 Å². The number of nitrogens with one attached hydrogen (secondary N) is 2. The molecule has 0 radical (unpaired) electrons. The number of ether oxygens (including phenoxy) is 1. The molecule has 2 aromatic carbocycles. The van der Waals surface area contributed by atoms with E-state index < -0.39 is 46.5 Å². The van der Waals surface area contributed by atoms with Crippen LogP contribution < -0.4 is 20.1 Å². The van der Waals surface area contributed by atoms with Crippen molar-refractivity contribution >= 4 is 27.3 Å². The first kappa shape index (κ1) is 27.0. The molecule has 1 aliphatic heterocycles. The van der Waals surface area contributed by atoms with Crippen molar-refractivity contribution in [2.75, 3.05) is 24.6 Å². The molecule has 0 spiro atoms. The third-order valence-corrected chi connectivity index (χ3v) is 8.08. The molecule has 4 rings (SSSR count). The lowest BCUT2D eigenvalue weighted by Gasteiger charge is -2.33. The number of aromatic nitrogens is 2. The highest BCUT2D eigenvalue weighted by atomic mass is 35.5. The quantitative estimate of drug-likeness (QED) is 0.426. The summed E-state index contributed by atoms with van der Waals surface area (Å²) < 4.78 is 81.6. The fourth-order valence-corrected chi connectivity index (χ4v) is 6.08. The number of benzene rings is 2. The molecule has 0 amide bonds. The molecule has 0 fully saturated rings. The summed E-state index contributed by atoms with van der Waals surface area (Å²) in [6, 6.07) is 3.97. The number of H-pyrrole nitrogens is 1. The zero-order valence-electron chi connectivity index (χ0n) is 20.0. The van der Waals surface area contributed by atoms with E-state index in [9.17, 15) is 26.4 Å². The largest absolute Gasteiger partial charge is 0.488 e. The van der Waals surface area contributed by atoms with Crippen LogP contribution in [0.15, 0.2) is 38.4 Å². The molecule has 0 unspecified atom stereocenters. The molecule has 0 aliphatic carbocycles. The van der Waals surface area contributed by atoms with E-state index in [0.717, 1.165) is 5.56 Å². The number of sulfonamides is 1. The predicted molar refractivity (Wildman–Crippen MR) is 130 cm³/mol. The van der Waals surface area contributed by atoms with Gasteiger partial charge in [0.1, 0.15) is 29.0 Å². The van der Waals surface area contributed by atoms with E-state index in [0.29, 0.717) is 5.56 Å². The second kappa shape index (κ2) is 10.4. The number of aryl methyl sites for hydroxylation is 1. The number of alkyl halides is 2. The summed E-state index contributed by atoms with van der Waals surface area (Å²) in [5.41, 5.74) is 1.58. The summed E-state index contributed by atoms with van der Waals surface area (Å²) in [5, 5.41) is 5.89. The van der Waals surface area contributed by atoms with Gasteiger partial charge >= 0.3 is 5.76 Å². The van der Waals surface area contributed by atoms with Gasteiger partial charge in [-0.2, -0.15) is 4.72 Å². The van der Waals surface area contributed by atoms with Crippen LogP contribution in [-0.2, 0) is 10.0 Å². The van der Waals surface area contributed by atoms with Gasteiger partial charge in [0.2, 0.25) is 15.9 Å². The third kappa shape index (κ3) is 5.34. The molecular weight excluding hydrogens is 537 g/mol. The third-order valence-electron chi connectivity index (χ3n) is 6.31. The Kier molecular flexibility index (Phi) is 7.58. The van der Waals surface area contributed by atoms with E-state index in [4.69, 9.17) is 20.8 Å². The van der Waals surface area contributed by atoms with Crippen LogP contribution in [0.5, 0.6) is 5.75 Å². The fraction of sp³-hybridized carbons (Fsp3) is 0.391. The van der Waals surface area contributed by atoms with Crippen molar-refractivity contribution in [3.63, 3.8) is 0 Å². The number of hydrogen-bond acceptors (Lipinski definition) is 7. The average molecular weight is 561 g/mol. The molecule has 0 bridgehead atoms. The standard InChI is InChI=1S/C23H24ClF3N4O5S/c1-11-4-6-15(25)18(12(11)2)13(3)19(22-28-29-23(32)36-22)30-37(33,34)16-7-5-14(24)20-21(16)35-9-8-31(20)10-17(26)27/h4-7,13,17,19,30H,8-10H2,1-3H3,(H,29,32)/t13-,19+/m1/s1. The Hall–Kier alpha value is -3.03. The Bertz CT molecular complexity index is 1480. The van der Waals surface area contributed by atoms with Crippen molar-refractivity contribution in [3.8, 4) is 5.75 Å². The highest BCUT2D eigenvalue weighted by Gasteiger charge is 2.36. The summed E-state index contributed by atoms with van der Waals surface area (Å²) >= 11 is 6.24. The summed E-state index contributed by atoms with van der Waals surface area (Å²) in [7, 11) is -4.48. The Labute approximate surface area is 215 Å². The van der Waals surface area contributed by atoms with Crippen LogP contribution in [0, 0.1) is 19.7 Å². The van der Waals surface area contributed by atoms with E-state index >= 15 is 0 Å². The molecule has 14 heteroatoms. The predicted octanol–water partition coefficient (Wildman–Crippen LogP) is 4.06. The molecule has 37 heavy (non-hydrogen) atoms. The van der Waals surface area contributed by atoms with E-state index in [2.05, 4.69) is 14.9 Å². The van der Waals surface area contributed by atoms with Crippen molar-refractivity contribution in [1.82, 2.24) is 14.9 Å². The first-order valence-corrected chi connectivity index (χ1v) is 13.1. The molecule has 200 valence electrons. The van der Waals surface area contributed by atoms with Crippen LogP contribution in [0.4, 0.5) is 18.9 Å². The number of rotatable bonds is 8. The summed E-state index contributed by atoms with van der Waals surface area (Å²) in [5.74, 6) is -2.90. The Morgan fingerprint density at radius 3 is 2.62 bits per heavy atom. The van der Waals surface area contributed by atoms with Gasteiger partial charge in [-0.15, -0.1) is 5.10 Å². The van der Waals surface area contributed by atoms with Crippen molar-refractivity contribution in [3.05, 3.63) is 68.2 Å². The summed E-state index contributed by atoms with van der Waals surface area (Å²) in [4.78, 5) is 12.6. The highest BCUT2D eigenvalue weighted by molar-refractivity contribution is 7.89. The van der Waals surface area contributed by atoms with Gasteiger partial charge in [0.25, 0.3) is 6.43 Å². The van der Waals surface area contributed by atoms with Crippen LogP contribution in [0.1, 0.15) is 41.5 Å². The minimum absolute atomic E-state index is 0.0209. The maximum atomic E-state index is 14.9. The van der Waals surface area contributed by atoms with E-state index in [1.54, 1.807) is 26.8 Å². The van der Waals surface area contributed by atoms with Gasteiger partial charge in [0, 0.05) is 5.92 Å². The molecular formula is C23H24ClF3N4O5S. The molecule has 0 saturated carbocycles. The zero-order valence-corrected chi connectivity index (χ0v) is 21.6. The monoisotopic (exact) mass is 560 g/mol. The normalized spacial score (nSPS) is 15.4. The van der Waals surface area contributed by atoms with Crippen LogP contribution in [0.2, 0.25) is 5.02 Å². The Morgan fingerprint density at radius 2 is 1.97 bits per heavy atom. The van der Waals surface area contributed by atoms with Gasteiger partial charge in [-0.3, -0.25) is 0 Å². The van der Waals surface area contributed by atoms with Crippen LogP contribution in [-0.4, -0.2) is 44.7 Å². The van der Waals surface area contributed by atoms with Crippen LogP contribution in [0.3, 0.4) is 0 Å². The number of hydrogen-bond donors (Lipinski definition) is 2. The lowest BCUT2D eigenvalue weighted by atomic mass is 9.88. The molecule has 2 atom stereocenters. The van der Waals surface area contributed by atoms with Gasteiger partial charge < -0.3 is 14.1 Å². The van der Waals surface area contributed by atoms with Gasteiger partial charge in [-0.1, -0.05) is 24.6 Å². The highest BCUT2D eigenvalue weighted by Crippen LogP contribution is 2.44. The van der Waals surface area contributed by atoms with Crippen molar-refractivity contribution in [2.45, 2.75) is 44.1 Å². The van der Waals surface area contributed by atoms with E-state index in [1.165, 1.54) is 23.1 Å². The van der Waals surface area contributed by atoms with Gasteiger partial charge in [-0.25, -0.2) is 31.5 Å². The zero-order chi connectivity index (χ0) is 27.1. The first-order valence-electron chi connectivity index (χ1n) is 11.2. The minimum atomic E-state index is -4.48. The van der Waals surface area contributed by atoms with Gasteiger partial charge in [0.05, 0.1) is 18.1 Å². The number of halogens is 4. The number of anilines is 1. The van der Waals surface area contributed by atoms with E-state index in [1.807, 2.05) is 0 Å². The van der Waals surface area contributed by atoms with E-state index in [-0.39, 0.29) is 46.0 Å². The molecule has 9 nitrogen and oxygen atoms in total. The molecule has 3 aromatic rings. The Balaban J connectivity index is 1.80. The fourth-order valence-electron chi connectivity index (χ4n) is 4.39. The minimum Gasteiger partial charge on any atom is -0.488 e. The van der Waals surface area contributed by atoms with Crippen molar-refractivity contribution in [2.24, 2.45) is 0 Å². The summed E-state index contributed by atoms with van der Waals surface area (Å²) in [6.07, 6.45) is -2.69. The second-order valence-electron chi connectivity index (χ2n) is 8.65. The topological polar surface area (TPSA) is 118 Å². The average Bonchev–Trinajstić information content (AvgIpc) is 3.25. The van der Waals surface area contributed by atoms with Gasteiger partial charge in [0.15, 0.2) is 5.75 Å². The lowest BCUT2D eigenvalue weighted by Crippen LogP contribution is -2.38. The first-order chi connectivity index (χ1) is 17.4. The SMILES string of the molecule is Cc1ccc(F)c([C@@H](C)[C@H](NS(=O)(=O)c2ccc(Cl)c3c2OCCN3CC(F)F)c2n[nH]c(=O)o2)c1C. The molecule has 2 N–H and O–H groups in total. The molecule has 0 saturated heterocycles. The smallest absolute Gasteiger partial charge is 0.434 e. The maximum absolute atomic E-state index is 14.9. The molecule has 1 aliphatic rings. The molecule has 2 heterocycles.